The number of hydrogen-bond donors (Lipinski definition) is 0. The highest BCUT2D eigenvalue weighted by Gasteiger charge is 2.32. The Bertz CT molecular complexity index is 746. The molecular formula is C21H23NO3S. The number of thioether (sulfide) groups is 1. The summed E-state index contributed by atoms with van der Waals surface area (Å²) in [5.74, 6) is 1.68. The first-order valence-electron chi connectivity index (χ1n) is 8.96. The third-order valence-corrected chi connectivity index (χ3v) is 5.48. The van der Waals surface area contributed by atoms with E-state index in [0.29, 0.717) is 19.4 Å². The average Bonchev–Trinajstić information content (AvgIpc) is 2.98. The van der Waals surface area contributed by atoms with E-state index < -0.39 is 0 Å². The van der Waals surface area contributed by atoms with Crippen LogP contribution >= 0.6 is 11.8 Å². The minimum atomic E-state index is -0.0400. The second-order valence-corrected chi connectivity index (χ2v) is 7.55. The van der Waals surface area contributed by atoms with E-state index in [9.17, 15) is 9.59 Å². The number of para-hydroxylation sites is 1. The van der Waals surface area contributed by atoms with Gasteiger partial charge in [-0.05, 0) is 42.7 Å². The number of benzene rings is 2. The van der Waals surface area contributed by atoms with Gasteiger partial charge in [0.25, 0.3) is 0 Å². The Morgan fingerprint density at radius 3 is 2.50 bits per heavy atom. The van der Waals surface area contributed by atoms with Crippen LogP contribution in [-0.4, -0.2) is 21.3 Å². The molecule has 3 rings (SSSR count). The lowest BCUT2D eigenvalue weighted by Crippen LogP contribution is -2.31. The van der Waals surface area contributed by atoms with Gasteiger partial charge in [-0.1, -0.05) is 49.0 Å². The zero-order valence-electron chi connectivity index (χ0n) is 14.9. The first-order chi connectivity index (χ1) is 12.7. The fourth-order valence-electron chi connectivity index (χ4n) is 2.92. The Kier molecular flexibility index (Phi) is 6.34. The van der Waals surface area contributed by atoms with Crippen LogP contribution in [0.15, 0.2) is 54.6 Å². The highest BCUT2D eigenvalue weighted by molar-refractivity contribution is 8.14. The number of nitrogens with zero attached hydrogens (tertiary/aromatic N) is 1. The van der Waals surface area contributed by atoms with Gasteiger partial charge in [-0.25, -0.2) is 0 Å². The van der Waals surface area contributed by atoms with Crippen molar-refractivity contribution in [2.45, 2.75) is 44.5 Å². The maximum atomic E-state index is 12.2. The summed E-state index contributed by atoms with van der Waals surface area (Å²) in [5, 5.41) is 0.130. The van der Waals surface area contributed by atoms with Crippen molar-refractivity contribution in [2.24, 2.45) is 0 Å². The number of carbonyl (C=O) groups is 2. The van der Waals surface area contributed by atoms with E-state index in [2.05, 4.69) is 0 Å². The molecule has 5 heteroatoms. The van der Waals surface area contributed by atoms with Gasteiger partial charge in [0.2, 0.25) is 5.91 Å². The third kappa shape index (κ3) is 4.88. The molecule has 2 aromatic carbocycles. The molecule has 1 fully saturated rings. The zero-order valence-corrected chi connectivity index (χ0v) is 15.7. The lowest BCUT2D eigenvalue weighted by Gasteiger charge is -2.24. The molecular weight excluding hydrogens is 346 g/mol. The molecule has 0 saturated carbocycles. The molecule has 0 radical (unpaired) electrons. The molecule has 0 bridgehead atoms. The molecule has 1 heterocycles. The van der Waals surface area contributed by atoms with Crippen molar-refractivity contribution in [3.05, 3.63) is 60.2 Å². The number of rotatable bonds is 7. The van der Waals surface area contributed by atoms with E-state index in [1.54, 1.807) is 0 Å². The normalized spacial score (nSPS) is 16.7. The summed E-state index contributed by atoms with van der Waals surface area (Å²) in [7, 11) is 0. The lowest BCUT2D eigenvalue weighted by molar-refractivity contribution is -0.128. The van der Waals surface area contributed by atoms with E-state index in [0.717, 1.165) is 29.9 Å². The van der Waals surface area contributed by atoms with E-state index in [1.807, 2.05) is 66.4 Å². The SMILES string of the molecule is CCCC(=O)SC1CCC(=O)N1Cc1ccc(Oc2ccccc2)cc1. The summed E-state index contributed by atoms with van der Waals surface area (Å²) in [6, 6.07) is 17.4. The van der Waals surface area contributed by atoms with Crippen LogP contribution in [0.1, 0.15) is 38.2 Å². The predicted octanol–water partition coefficient (Wildman–Crippen LogP) is 4.99. The van der Waals surface area contributed by atoms with Crippen LogP contribution in [0, 0.1) is 0 Å². The Labute approximate surface area is 158 Å². The van der Waals surface area contributed by atoms with Gasteiger partial charge in [-0.15, -0.1) is 0 Å². The molecule has 136 valence electrons. The quantitative estimate of drug-likeness (QED) is 0.690. The summed E-state index contributed by atoms with van der Waals surface area (Å²) < 4.78 is 5.80. The number of carbonyl (C=O) groups excluding carboxylic acids is 2. The number of likely N-dealkylation sites (tertiary alicyclic amines) is 1. The highest BCUT2D eigenvalue weighted by Crippen LogP contribution is 2.31. The van der Waals surface area contributed by atoms with Gasteiger partial charge in [-0.3, -0.25) is 9.59 Å². The van der Waals surface area contributed by atoms with Crippen molar-refractivity contribution in [3.63, 3.8) is 0 Å². The van der Waals surface area contributed by atoms with Gasteiger partial charge >= 0.3 is 0 Å². The lowest BCUT2D eigenvalue weighted by atomic mass is 10.2. The van der Waals surface area contributed by atoms with Crippen LogP contribution in [-0.2, 0) is 16.1 Å². The minimum Gasteiger partial charge on any atom is -0.457 e. The monoisotopic (exact) mass is 369 g/mol. The molecule has 1 aliphatic heterocycles. The van der Waals surface area contributed by atoms with Crippen molar-refractivity contribution in [3.8, 4) is 11.5 Å². The highest BCUT2D eigenvalue weighted by atomic mass is 32.2. The summed E-state index contributed by atoms with van der Waals surface area (Å²) in [4.78, 5) is 26.0. The number of hydrogen-bond acceptors (Lipinski definition) is 4. The van der Waals surface area contributed by atoms with Gasteiger partial charge in [0.15, 0.2) is 5.12 Å². The van der Waals surface area contributed by atoms with E-state index >= 15 is 0 Å². The molecule has 4 nitrogen and oxygen atoms in total. The first-order valence-corrected chi connectivity index (χ1v) is 9.84. The Balaban J connectivity index is 1.61. The molecule has 0 aromatic heterocycles. The molecule has 2 aromatic rings. The van der Waals surface area contributed by atoms with Crippen LogP contribution in [0.25, 0.3) is 0 Å². The van der Waals surface area contributed by atoms with Crippen LogP contribution in [0.4, 0.5) is 0 Å². The van der Waals surface area contributed by atoms with Crippen molar-refractivity contribution >= 4 is 22.8 Å². The molecule has 1 aliphatic rings. The number of ether oxygens (including phenoxy) is 1. The Morgan fingerprint density at radius 2 is 1.81 bits per heavy atom. The van der Waals surface area contributed by atoms with E-state index in [4.69, 9.17) is 4.74 Å². The number of amides is 1. The second-order valence-electron chi connectivity index (χ2n) is 6.31. The van der Waals surface area contributed by atoms with Crippen LogP contribution in [0.3, 0.4) is 0 Å². The van der Waals surface area contributed by atoms with Crippen molar-refractivity contribution < 1.29 is 14.3 Å². The summed E-state index contributed by atoms with van der Waals surface area (Å²) in [6.45, 7) is 2.52. The van der Waals surface area contributed by atoms with Gasteiger partial charge < -0.3 is 9.64 Å². The molecule has 0 N–H and O–H groups in total. The topological polar surface area (TPSA) is 46.6 Å². The molecule has 26 heavy (non-hydrogen) atoms. The average molecular weight is 369 g/mol. The molecule has 0 spiro atoms. The van der Waals surface area contributed by atoms with Crippen LogP contribution in [0.5, 0.6) is 11.5 Å². The summed E-state index contributed by atoms with van der Waals surface area (Å²) >= 11 is 1.31. The molecule has 1 saturated heterocycles. The predicted molar refractivity (Wildman–Crippen MR) is 104 cm³/mol. The maximum Gasteiger partial charge on any atom is 0.223 e. The van der Waals surface area contributed by atoms with Crippen LogP contribution in [0.2, 0.25) is 0 Å². The molecule has 1 amide bonds. The van der Waals surface area contributed by atoms with Gasteiger partial charge in [0.1, 0.15) is 11.5 Å². The minimum absolute atomic E-state index is 0.0400. The van der Waals surface area contributed by atoms with E-state index in [-0.39, 0.29) is 16.4 Å². The zero-order chi connectivity index (χ0) is 18.4. The van der Waals surface area contributed by atoms with Crippen molar-refractivity contribution in [1.29, 1.82) is 0 Å². The maximum absolute atomic E-state index is 12.2. The van der Waals surface area contributed by atoms with Crippen LogP contribution < -0.4 is 4.74 Å². The third-order valence-electron chi connectivity index (χ3n) is 4.25. The fourth-order valence-corrected chi connectivity index (χ4v) is 4.10. The summed E-state index contributed by atoms with van der Waals surface area (Å²) in [5.41, 5.74) is 1.04. The van der Waals surface area contributed by atoms with Gasteiger partial charge in [0, 0.05) is 19.4 Å². The molecule has 1 atom stereocenters. The molecule has 1 unspecified atom stereocenters. The van der Waals surface area contributed by atoms with Crippen molar-refractivity contribution in [1.82, 2.24) is 4.90 Å². The molecule has 0 aliphatic carbocycles. The van der Waals surface area contributed by atoms with Gasteiger partial charge in [-0.2, -0.15) is 0 Å². The standard InChI is InChI=1S/C21H23NO3S/c1-2-6-21(24)26-20-14-13-19(23)22(20)15-16-9-11-18(12-10-16)25-17-7-4-3-5-8-17/h3-5,7-12,20H,2,6,13-15H2,1H3. The smallest absolute Gasteiger partial charge is 0.223 e. The van der Waals surface area contributed by atoms with Gasteiger partial charge in [0.05, 0.1) is 5.37 Å². The first kappa shape index (κ1) is 18.5. The van der Waals surface area contributed by atoms with Crippen molar-refractivity contribution in [2.75, 3.05) is 0 Å². The Hall–Kier alpha value is -2.27. The fraction of sp³-hybridized carbons (Fsp3) is 0.333. The Morgan fingerprint density at radius 1 is 1.12 bits per heavy atom. The van der Waals surface area contributed by atoms with E-state index in [1.165, 1.54) is 11.8 Å². The largest absolute Gasteiger partial charge is 0.457 e. The summed E-state index contributed by atoms with van der Waals surface area (Å²) in [6.07, 6.45) is 2.67. The second kappa shape index (κ2) is 8.90.